The third-order valence-corrected chi connectivity index (χ3v) is 5.32. The zero-order chi connectivity index (χ0) is 20.6. The molecule has 2 aromatic rings. The molecule has 0 bridgehead atoms. The van der Waals surface area contributed by atoms with Gasteiger partial charge in [-0.25, -0.2) is 4.79 Å². The average molecular weight is 396 g/mol. The SMILES string of the molecule is CN(Cc1ccc(O)cc1)C(=O)NCc1cccc(NC(=O)C2CCCCC2)c1. The van der Waals surface area contributed by atoms with Gasteiger partial charge in [-0.05, 0) is 48.2 Å². The molecule has 0 radical (unpaired) electrons. The minimum atomic E-state index is -0.185. The number of nitrogens with one attached hydrogen (secondary N) is 2. The molecule has 0 atom stereocenters. The van der Waals surface area contributed by atoms with Crippen molar-refractivity contribution in [3.05, 3.63) is 59.7 Å². The third kappa shape index (κ3) is 6.24. The number of phenolic OH excluding ortho intramolecular Hbond substituents is 1. The summed E-state index contributed by atoms with van der Waals surface area (Å²) in [7, 11) is 1.73. The van der Waals surface area contributed by atoms with Gasteiger partial charge in [0.1, 0.15) is 5.75 Å². The quantitative estimate of drug-likeness (QED) is 0.684. The second-order valence-electron chi connectivity index (χ2n) is 7.71. The Morgan fingerprint density at radius 1 is 1.03 bits per heavy atom. The highest BCUT2D eigenvalue weighted by Gasteiger charge is 2.21. The molecule has 1 fully saturated rings. The number of carbonyl (C=O) groups is 2. The summed E-state index contributed by atoms with van der Waals surface area (Å²) in [6.07, 6.45) is 5.41. The number of nitrogens with zero attached hydrogens (tertiary/aromatic N) is 1. The molecule has 3 amide bonds. The Bertz CT molecular complexity index is 830. The van der Waals surface area contributed by atoms with Crippen molar-refractivity contribution in [3.63, 3.8) is 0 Å². The lowest BCUT2D eigenvalue weighted by Gasteiger charge is -2.21. The predicted octanol–water partition coefficient (Wildman–Crippen LogP) is 4.25. The average Bonchev–Trinajstić information content (AvgIpc) is 2.74. The summed E-state index contributed by atoms with van der Waals surface area (Å²) in [5.74, 6) is 0.413. The van der Waals surface area contributed by atoms with E-state index in [1.165, 1.54) is 6.42 Å². The highest BCUT2D eigenvalue weighted by atomic mass is 16.3. The summed E-state index contributed by atoms with van der Waals surface area (Å²) in [6.45, 7) is 0.829. The van der Waals surface area contributed by atoms with Crippen LogP contribution in [0.4, 0.5) is 10.5 Å². The van der Waals surface area contributed by atoms with Gasteiger partial charge in [0.25, 0.3) is 0 Å². The highest BCUT2D eigenvalue weighted by molar-refractivity contribution is 5.92. The van der Waals surface area contributed by atoms with Crippen LogP contribution in [0.25, 0.3) is 0 Å². The summed E-state index contributed by atoms with van der Waals surface area (Å²) in [5.41, 5.74) is 2.63. The summed E-state index contributed by atoms with van der Waals surface area (Å²) < 4.78 is 0. The number of rotatable bonds is 6. The van der Waals surface area contributed by atoms with E-state index in [4.69, 9.17) is 0 Å². The fraction of sp³-hybridized carbons (Fsp3) is 0.391. The van der Waals surface area contributed by atoms with E-state index in [0.717, 1.165) is 42.5 Å². The molecule has 3 N–H and O–H groups in total. The van der Waals surface area contributed by atoms with E-state index >= 15 is 0 Å². The van der Waals surface area contributed by atoms with Crippen molar-refractivity contribution < 1.29 is 14.7 Å². The topological polar surface area (TPSA) is 81.7 Å². The zero-order valence-corrected chi connectivity index (χ0v) is 16.9. The van der Waals surface area contributed by atoms with Gasteiger partial charge in [0.05, 0.1) is 0 Å². The van der Waals surface area contributed by atoms with Crippen LogP contribution in [0.15, 0.2) is 48.5 Å². The van der Waals surface area contributed by atoms with Gasteiger partial charge in [-0.2, -0.15) is 0 Å². The molecular weight excluding hydrogens is 366 g/mol. The van der Waals surface area contributed by atoms with Crippen molar-refractivity contribution in [1.82, 2.24) is 10.2 Å². The lowest BCUT2D eigenvalue weighted by Crippen LogP contribution is -2.36. The maximum atomic E-state index is 12.4. The van der Waals surface area contributed by atoms with Gasteiger partial charge in [0.15, 0.2) is 0 Å². The number of carbonyl (C=O) groups excluding carboxylic acids is 2. The van der Waals surface area contributed by atoms with Gasteiger partial charge in [-0.15, -0.1) is 0 Å². The van der Waals surface area contributed by atoms with Crippen molar-refractivity contribution in [2.75, 3.05) is 12.4 Å². The van der Waals surface area contributed by atoms with Crippen LogP contribution in [-0.2, 0) is 17.9 Å². The van der Waals surface area contributed by atoms with E-state index < -0.39 is 0 Å². The Morgan fingerprint density at radius 3 is 2.48 bits per heavy atom. The van der Waals surface area contributed by atoms with E-state index in [2.05, 4.69) is 10.6 Å². The second kappa shape index (κ2) is 9.96. The molecule has 0 aromatic heterocycles. The van der Waals surface area contributed by atoms with Gasteiger partial charge >= 0.3 is 6.03 Å². The molecule has 0 aliphatic heterocycles. The van der Waals surface area contributed by atoms with Gasteiger partial charge in [-0.3, -0.25) is 4.79 Å². The fourth-order valence-corrected chi connectivity index (χ4v) is 3.63. The molecule has 0 unspecified atom stereocenters. The van der Waals surface area contributed by atoms with Crippen molar-refractivity contribution >= 4 is 17.6 Å². The molecule has 3 rings (SSSR count). The zero-order valence-electron chi connectivity index (χ0n) is 16.9. The fourth-order valence-electron chi connectivity index (χ4n) is 3.63. The van der Waals surface area contributed by atoms with Crippen LogP contribution in [0, 0.1) is 5.92 Å². The number of hydrogen-bond donors (Lipinski definition) is 3. The van der Waals surface area contributed by atoms with Gasteiger partial charge in [-0.1, -0.05) is 43.5 Å². The van der Waals surface area contributed by atoms with Crippen molar-refractivity contribution in [1.29, 1.82) is 0 Å². The molecular formula is C23H29N3O3. The first kappa shape index (κ1) is 20.7. The van der Waals surface area contributed by atoms with Gasteiger partial charge in [0, 0.05) is 31.7 Å². The monoisotopic (exact) mass is 395 g/mol. The molecule has 0 spiro atoms. The molecule has 1 aliphatic rings. The normalized spacial score (nSPS) is 14.2. The maximum absolute atomic E-state index is 12.4. The Balaban J connectivity index is 1.49. The highest BCUT2D eigenvalue weighted by Crippen LogP contribution is 2.25. The minimum absolute atomic E-state index is 0.0968. The summed E-state index contributed by atoms with van der Waals surface area (Å²) in [6, 6.07) is 14.2. The van der Waals surface area contributed by atoms with Crippen molar-refractivity contribution in [3.8, 4) is 5.75 Å². The number of aromatic hydroxyl groups is 1. The standard InChI is InChI=1S/C23H29N3O3/c1-26(16-17-10-12-21(27)13-11-17)23(29)24-15-18-6-5-9-20(14-18)25-22(28)19-7-3-2-4-8-19/h5-6,9-14,19,27H,2-4,7-8,15-16H2,1H3,(H,24,29)(H,25,28). The third-order valence-electron chi connectivity index (χ3n) is 5.32. The molecule has 1 aliphatic carbocycles. The molecule has 29 heavy (non-hydrogen) atoms. The Labute approximate surface area is 171 Å². The molecule has 6 nitrogen and oxygen atoms in total. The number of phenols is 1. The molecule has 2 aromatic carbocycles. The lowest BCUT2D eigenvalue weighted by atomic mass is 9.88. The van der Waals surface area contributed by atoms with E-state index in [1.807, 2.05) is 24.3 Å². The maximum Gasteiger partial charge on any atom is 0.317 e. The van der Waals surface area contributed by atoms with Crippen LogP contribution in [0.3, 0.4) is 0 Å². The minimum Gasteiger partial charge on any atom is -0.508 e. The molecule has 0 saturated heterocycles. The van der Waals surface area contributed by atoms with Crippen molar-refractivity contribution in [2.24, 2.45) is 5.92 Å². The molecule has 1 saturated carbocycles. The van der Waals surface area contributed by atoms with E-state index in [0.29, 0.717) is 13.1 Å². The summed E-state index contributed by atoms with van der Waals surface area (Å²) in [5, 5.41) is 15.3. The van der Waals surface area contributed by atoms with E-state index in [-0.39, 0.29) is 23.6 Å². The van der Waals surface area contributed by atoms with Gasteiger partial charge in [0.2, 0.25) is 5.91 Å². The summed E-state index contributed by atoms with van der Waals surface area (Å²) >= 11 is 0. The number of hydrogen-bond acceptors (Lipinski definition) is 3. The number of urea groups is 1. The first-order chi connectivity index (χ1) is 14.0. The first-order valence-electron chi connectivity index (χ1n) is 10.2. The van der Waals surface area contributed by atoms with E-state index in [9.17, 15) is 14.7 Å². The van der Waals surface area contributed by atoms with Crippen LogP contribution in [0.2, 0.25) is 0 Å². The molecule has 154 valence electrons. The Morgan fingerprint density at radius 2 is 1.76 bits per heavy atom. The van der Waals surface area contributed by atoms with E-state index in [1.54, 1.807) is 36.2 Å². The van der Waals surface area contributed by atoms with Crippen LogP contribution in [0.5, 0.6) is 5.75 Å². The first-order valence-corrected chi connectivity index (χ1v) is 10.2. The number of amides is 3. The Hall–Kier alpha value is -3.02. The van der Waals surface area contributed by atoms with Crippen LogP contribution in [0.1, 0.15) is 43.2 Å². The molecule has 6 heteroatoms. The van der Waals surface area contributed by atoms with Crippen LogP contribution < -0.4 is 10.6 Å². The van der Waals surface area contributed by atoms with Crippen LogP contribution in [-0.4, -0.2) is 29.0 Å². The second-order valence-corrected chi connectivity index (χ2v) is 7.71. The number of benzene rings is 2. The molecule has 0 heterocycles. The number of anilines is 1. The predicted molar refractivity (Wildman–Crippen MR) is 113 cm³/mol. The Kier molecular flexibility index (Phi) is 7.11. The summed E-state index contributed by atoms with van der Waals surface area (Å²) in [4.78, 5) is 26.4. The largest absolute Gasteiger partial charge is 0.508 e. The van der Waals surface area contributed by atoms with Crippen LogP contribution >= 0.6 is 0 Å². The smallest absolute Gasteiger partial charge is 0.317 e. The van der Waals surface area contributed by atoms with Gasteiger partial charge < -0.3 is 20.6 Å². The lowest BCUT2D eigenvalue weighted by molar-refractivity contribution is -0.120. The van der Waals surface area contributed by atoms with Crippen molar-refractivity contribution in [2.45, 2.75) is 45.2 Å².